The second-order valence-electron chi connectivity index (χ2n) is 15.0. The quantitative estimate of drug-likeness (QED) is 0.0302. The van der Waals surface area contributed by atoms with Gasteiger partial charge >= 0.3 is 0 Å². The molecule has 19 heteroatoms. The normalized spacial score (nSPS) is 15.8. The summed E-state index contributed by atoms with van der Waals surface area (Å²) in [6, 6.07) is 11.7. The molecule has 3 aromatic heterocycles. The van der Waals surface area contributed by atoms with Crippen molar-refractivity contribution in [2.45, 2.75) is 38.2 Å². The molecule has 1 aliphatic heterocycles. The molecule has 1 saturated carbocycles. The topological polar surface area (TPSA) is 236 Å². The van der Waals surface area contributed by atoms with E-state index in [4.69, 9.17) is 30.1 Å². The van der Waals surface area contributed by atoms with Crippen molar-refractivity contribution in [2.75, 3.05) is 92.7 Å². The second-order valence-corrected chi connectivity index (χ2v) is 15.0. The van der Waals surface area contributed by atoms with Crippen LogP contribution in [0.5, 0.6) is 5.75 Å². The number of benzene rings is 1. The smallest absolute Gasteiger partial charge is 0.295 e. The number of Topliss-reactive ketones (excluding diaryl/α,β-unsaturated/α-hetero) is 1. The standard InChI is InChI=1S/C45H53N9O10/c1-3-17-61-19-21-63-23-24-64-22-20-62-18-16-52(44(58)33-25-34(55)26-33)13-7-12-47-43(57)41-50-30-54(51-41)42-39-38(37(60-2)29-49-42)36(28-48-39)40(56)45(59)53-14-10-32(11-15-53)35(27-46)31-8-5-4-6-9-31/h1,4-6,8-9,28-30,33-34,48,55H,7,10-26H2,2H3,(H,47,57). The summed E-state index contributed by atoms with van der Waals surface area (Å²) in [7, 11) is 1.43. The van der Waals surface area contributed by atoms with Gasteiger partial charge in [0.15, 0.2) is 5.82 Å². The van der Waals surface area contributed by atoms with Gasteiger partial charge < -0.3 is 48.9 Å². The highest BCUT2D eigenvalue weighted by Crippen LogP contribution is 2.33. The fraction of sp³-hybridized carbons (Fsp3) is 0.467. The number of nitrogens with zero attached hydrogens (tertiary/aromatic N) is 7. The Balaban J connectivity index is 0.993. The molecule has 338 valence electrons. The number of fused-ring (bicyclic) bond motifs is 1. The van der Waals surface area contributed by atoms with E-state index in [0.717, 1.165) is 11.1 Å². The monoisotopic (exact) mass is 879 g/mol. The van der Waals surface area contributed by atoms with Crippen LogP contribution in [-0.2, 0) is 28.5 Å². The van der Waals surface area contributed by atoms with Crippen molar-refractivity contribution < 1.29 is 48.0 Å². The van der Waals surface area contributed by atoms with Crippen molar-refractivity contribution in [3.05, 3.63) is 71.6 Å². The number of ketones is 1. The number of methoxy groups -OCH3 is 1. The molecule has 64 heavy (non-hydrogen) atoms. The van der Waals surface area contributed by atoms with Crippen LogP contribution in [0.2, 0.25) is 0 Å². The molecule has 4 heterocycles. The van der Waals surface area contributed by atoms with E-state index in [1.54, 1.807) is 4.90 Å². The number of carbonyl (C=O) groups excluding carboxylic acids is 4. The van der Waals surface area contributed by atoms with E-state index in [0.29, 0.717) is 101 Å². The van der Waals surface area contributed by atoms with E-state index >= 15 is 0 Å². The summed E-state index contributed by atoms with van der Waals surface area (Å²) in [5.74, 6) is 0.423. The molecule has 0 spiro atoms. The fourth-order valence-corrected chi connectivity index (χ4v) is 7.42. The number of hydrogen-bond acceptors (Lipinski definition) is 14. The lowest BCUT2D eigenvalue weighted by Gasteiger charge is -2.35. The predicted octanol–water partition coefficient (Wildman–Crippen LogP) is 2.35. The zero-order valence-electron chi connectivity index (χ0n) is 35.8. The van der Waals surface area contributed by atoms with Crippen LogP contribution in [0, 0.1) is 29.6 Å². The minimum atomic E-state index is -0.739. The number of hydrogen-bond donors (Lipinski definition) is 3. The van der Waals surface area contributed by atoms with Crippen LogP contribution in [0.15, 0.2) is 54.6 Å². The van der Waals surface area contributed by atoms with Crippen LogP contribution in [0.3, 0.4) is 0 Å². The summed E-state index contributed by atoms with van der Waals surface area (Å²) in [4.78, 5) is 68.5. The number of piperidine rings is 1. The Morgan fingerprint density at radius 2 is 1.66 bits per heavy atom. The number of nitriles is 1. The van der Waals surface area contributed by atoms with Gasteiger partial charge in [-0.05, 0) is 43.2 Å². The van der Waals surface area contributed by atoms with Gasteiger partial charge in [-0.1, -0.05) is 36.3 Å². The number of terminal acetylenes is 1. The highest BCUT2D eigenvalue weighted by molar-refractivity contribution is 6.45. The third-order valence-corrected chi connectivity index (χ3v) is 10.9. The average molecular weight is 880 g/mol. The molecular weight excluding hydrogens is 827 g/mol. The Labute approximate surface area is 370 Å². The summed E-state index contributed by atoms with van der Waals surface area (Å²) in [5, 5.41) is 27.1. The Morgan fingerprint density at radius 1 is 0.969 bits per heavy atom. The van der Waals surface area contributed by atoms with Crippen LogP contribution < -0.4 is 10.1 Å². The van der Waals surface area contributed by atoms with Gasteiger partial charge in [-0.25, -0.2) is 9.97 Å². The van der Waals surface area contributed by atoms with E-state index in [1.807, 2.05) is 30.3 Å². The number of rotatable bonds is 24. The second kappa shape index (κ2) is 23.8. The van der Waals surface area contributed by atoms with E-state index < -0.39 is 23.7 Å². The van der Waals surface area contributed by atoms with E-state index in [2.05, 4.69) is 37.4 Å². The first-order chi connectivity index (χ1) is 31.2. The molecular formula is C45H53N9O10. The molecule has 1 saturated heterocycles. The van der Waals surface area contributed by atoms with Crippen molar-refractivity contribution in [3.8, 4) is 30.0 Å². The first kappa shape index (κ1) is 47.0. The number of aliphatic hydroxyl groups excluding tert-OH is 1. The number of ether oxygens (including phenoxy) is 5. The van der Waals surface area contributed by atoms with Crippen LogP contribution in [-0.4, -0.2) is 162 Å². The maximum atomic E-state index is 13.8. The molecule has 1 aromatic carbocycles. The average Bonchev–Trinajstić information content (AvgIpc) is 3.99. The third-order valence-electron chi connectivity index (χ3n) is 10.9. The van der Waals surface area contributed by atoms with Crippen LogP contribution in [0.25, 0.3) is 22.3 Å². The Hall–Kier alpha value is -6.48. The van der Waals surface area contributed by atoms with Crippen molar-refractivity contribution in [2.24, 2.45) is 5.92 Å². The van der Waals surface area contributed by atoms with Gasteiger partial charge in [0.2, 0.25) is 11.7 Å². The molecule has 19 nitrogen and oxygen atoms in total. The Bertz CT molecular complexity index is 2330. The number of H-pyrrole nitrogens is 1. The number of amides is 3. The van der Waals surface area contributed by atoms with Crippen molar-refractivity contribution in [1.82, 2.24) is 39.8 Å². The van der Waals surface area contributed by atoms with Crippen LogP contribution in [0.1, 0.15) is 58.6 Å². The molecule has 3 N–H and O–H groups in total. The van der Waals surface area contributed by atoms with Gasteiger partial charge in [0.1, 0.15) is 18.7 Å². The maximum absolute atomic E-state index is 13.8. The zero-order chi connectivity index (χ0) is 45.3. The maximum Gasteiger partial charge on any atom is 0.295 e. The number of likely N-dealkylation sites (tertiary alicyclic amines) is 1. The summed E-state index contributed by atoms with van der Waals surface area (Å²) in [6.07, 6.45) is 11.0. The van der Waals surface area contributed by atoms with Crippen molar-refractivity contribution in [3.63, 3.8) is 0 Å². The molecule has 0 atom stereocenters. The minimum Gasteiger partial charge on any atom is -0.494 e. The van der Waals surface area contributed by atoms with Crippen LogP contribution in [0.4, 0.5) is 0 Å². The fourth-order valence-electron chi connectivity index (χ4n) is 7.42. The molecule has 2 aliphatic rings. The molecule has 0 unspecified atom stereocenters. The molecule has 3 amide bonds. The van der Waals surface area contributed by atoms with Gasteiger partial charge in [0, 0.05) is 44.8 Å². The first-order valence-electron chi connectivity index (χ1n) is 21.2. The number of pyridine rings is 1. The Morgan fingerprint density at radius 3 is 2.31 bits per heavy atom. The number of allylic oxidation sites excluding steroid dienone is 1. The molecule has 1 aliphatic carbocycles. The van der Waals surface area contributed by atoms with E-state index in [-0.39, 0.29) is 67.6 Å². The van der Waals surface area contributed by atoms with Crippen molar-refractivity contribution in [1.29, 1.82) is 5.26 Å². The van der Waals surface area contributed by atoms with Gasteiger partial charge in [-0.2, -0.15) is 9.94 Å². The predicted molar refractivity (Wildman–Crippen MR) is 231 cm³/mol. The van der Waals surface area contributed by atoms with E-state index in [9.17, 15) is 29.5 Å². The lowest BCUT2D eigenvalue weighted by atomic mass is 9.81. The lowest BCUT2D eigenvalue weighted by molar-refractivity contribution is -0.143. The van der Waals surface area contributed by atoms with Gasteiger partial charge in [-0.15, -0.1) is 11.5 Å². The highest BCUT2D eigenvalue weighted by Gasteiger charge is 2.36. The lowest BCUT2D eigenvalue weighted by Crippen LogP contribution is -2.45. The van der Waals surface area contributed by atoms with Crippen molar-refractivity contribution >= 4 is 40.0 Å². The summed E-state index contributed by atoms with van der Waals surface area (Å²) < 4.78 is 28.6. The largest absolute Gasteiger partial charge is 0.494 e. The number of carbonyl (C=O) groups is 4. The molecule has 4 aromatic rings. The number of aromatic amines is 1. The summed E-state index contributed by atoms with van der Waals surface area (Å²) in [5.41, 5.74) is 2.77. The molecule has 6 rings (SSSR count). The molecule has 2 fully saturated rings. The summed E-state index contributed by atoms with van der Waals surface area (Å²) in [6.45, 7) is 4.39. The Kier molecular flexibility index (Phi) is 17.5. The number of aromatic nitrogens is 5. The number of aliphatic hydroxyl groups is 1. The van der Waals surface area contributed by atoms with Gasteiger partial charge in [0.25, 0.3) is 17.6 Å². The van der Waals surface area contributed by atoms with Gasteiger partial charge in [-0.3, -0.25) is 19.2 Å². The van der Waals surface area contributed by atoms with Gasteiger partial charge in [0.05, 0.1) is 93.8 Å². The van der Waals surface area contributed by atoms with E-state index in [1.165, 1.54) is 35.4 Å². The SMILES string of the molecule is C#CCOCCOCCOCCOCCN(CCCNC(=O)c1ncn(-c2ncc(OC)c3c(C(=O)C(=O)N4CCC(=C(C#N)c5ccccc5)CC4)c[nH]c23)n1)C(=O)C1CC(O)C1. The zero-order valence-corrected chi connectivity index (χ0v) is 35.8. The van der Waals surface area contributed by atoms with Crippen LogP contribution >= 0.6 is 0 Å². The first-order valence-corrected chi connectivity index (χ1v) is 21.2. The molecule has 0 radical (unpaired) electrons. The number of nitrogens with one attached hydrogen (secondary N) is 2. The minimum absolute atomic E-state index is 0.0655. The third kappa shape index (κ3) is 12.2. The highest BCUT2D eigenvalue weighted by atomic mass is 16.6. The summed E-state index contributed by atoms with van der Waals surface area (Å²) >= 11 is 0. The molecule has 0 bridgehead atoms.